The Hall–Kier alpha value is 0.740. The molecule has 0 aromatic carbocycles. The Morgan fingerprint density at radius 1 is 0.633 bits per heavy atom. The molecule has 18 heteroatoms. The normalized spacial score (nSPS) is 10.6. The van der Waals surface area contributed by atoms with E-state index in [0.717, 1.165) is 0 Å². The van der Waals surface area contributed by atoms with Crippen LogP contribution >= 0.6 is 0 Å². The topological polar surface area (TPSA) is 253 Å². The molecule has 0 aliphatic heterocycles. The number of hydrogen-bond acceptors (Lipinski definition) is 8. The second kappa shape index (κ2) is 24.4. The number of nitrogens with two attached hydrogens (primary N) is 1. The summed E-state index contributed by atoms with van der Waals surface area (Å²) < 4.78 is 0. The summed E-state index contributed by atoms with van der Waals surface area (Å²) in [6.07, 6.45) is -1.41. The van der Waals surface area contributed by atoms with Crippen molar-refractivity contribution in [3.05, 3.63) is 0 Å². The number of hydrogen-bond donors (Lipinski definition) is 7. The monoisotopic (exact) mass is 478 g/mol. The predicted molar refractivity (Wildman–Crippen MR) is 82.8 cm³/mol. The summed E-state index contributed by atoms with van der Waals surface area (Å²) in [5.74, 6) is -8.43. The van der Waals surface area contributed by atoms with Gasteiger partial charge in [-0.05, 0) is 0 Å². The first-order chi connectivity index (χ1) is 11.8. The molecule has 0 unspecified atom stereocenters. The number of carboxylic acid groups (broad SMARTS) is 6. The van der Waals surface area contributed by atoms with Gasteiger partial charge in [0.15, 0.2) is 0 Å². The van der Waals surface area contributed by atoms with Gasteiger partial charge in [0, 0.05) is 0 Å². The van der Waals surface area contributed by atoms with Crippen molar-refractivity contribution in [2.45, 2.75) is 24.9 Å². The van der Waals surface area contributed by atoms with Crippen molar-refractivity contribution in [3.8, 4) is 0 Å². The quantitative estimate of drug-likeness (QED) is 0.136. The first-order valence-corrected chi connectivity index (χ1v) is 6.60. The van der Waals surface area contributed by atoms with Gasteiger partial charge in [0.2, 0.25) is 0 Å². The summed E-state index contributed by atoms with van der Waals surface area (Å²) in [6, 6.07) is -2.98. The molecule has 0 aromatic heterocycles. The van der Waals surface area contributed by atoms with E-state index in [9.17, 15) is 28.8 Å². The van der Waals surface area contributed by atoms with Crippen LogP contribution in [0.4, 0.5) is 0 Å². The van der Waals surface area contributed by atoms with Crippen LogP contribution in [0.5, 0.6) is 0 Å². The van der Waals surface area contributed by atoms with Gasteiger partial charge in [0.1, 0.15) is 12.1 Å². The van der Waals surface area contributed by atoms with Gasteiger partial charge in [0.05, 0.1) is 25.9 Å². The largest absolute Gasteiger partial charge is 1.00 e. The summed E-state index contributed by atoms with van der Waals surface area (Å²) in [5.41, 5.74) is 4.84. The van der Waals surface area contributed by atoms with Crippen molar-refractivity contribution in [3.63, 3.8) is 0 Å². The Morgan fingerprint density at radius 2 is 0.967 bits per heavy atom. The van der Waals surface area contributed by atoms with Crippen LogP contribution in [-0.2, 0) is 28.8 Å². The number of carboxylic acids is 6. The van der Waals surface area contributed by atoms with E-state index in [1.165, 1.54) is 0 Å². The molecule has 0 radical (unpaired) electrons. The van der Waals surface area contributed by atoms with Crippen LogP contribution in [0.15, 0.2) is 0 Å². The fourth-order valence-electron chi connectivity index (χ4n) is 1.44. The third kappa shape index (κ3) is 26.8. The van der Waals surface area contributed by atoms with E-state index in [0.29, 0.717) is 4.90 Å². The molecule has 0 aromatic rings. The Balaban J connectivity index is -0.0000000378. The first-order valence-electron chi connectivity index (χ1n) is 6.60. The predicted octanol–water partition coefficient (Wildman–Crippen LogP) is -14.3. The molecular formula is C12H22N2Na4O12. The van der Waals surface area contributed by atoms with E-state index in [1.54, 1.807) is 0 Å². The maximum atomic E-state index is 10.7. The molecule has 0 heterocycles. The molecule has 0 spiro atoms. The number of carbonyl (C=O) groups is 6. The Morgan fingerprint density at radius 3 is 1.13 bits per heavy atom. The van der Waals surface area contributed by atoms with Crippen molar-refractivity contribution in [1.29, 1.82) is 0 Å². The van der Waals surface area contributed by atoms with Crippen molar-refractivity contribution in [2.24, 2.45) is 5.73 Å². The third-order valence-corrected chi connectivity index (χ3v) is 2.48. The molecule has 0 aliphatic carbocycles. The van der Waals surface area contributed by atoms with Crippen molar-refractivity contribution < 1.29 is 183 Å². The van der Waals surface area contributed by atoms with E-state index in [2.05, 4.69) is 0 Å². The summed E-state index contributed by atoms with van der Waals surface area (Å²) in [5, 5.41) is 50.2. The fourth-order valence-corrected chi connectivity index (χ4v) is 1.44. The number of aliphatic carboxylic acids is 6. The van der Waals surface area contributed by atoms with Gasteiger partial charge in [-0.3, -0.25) is 33.7 Å². The average molecular weight is 478 g/mol. The fraction of sp³-hybridized carbons (Fsp3) is 0.500. The Bertz CT molecular complexity index is 579. The van der Waals surface area contributed by atoms with Gasteiger partial charge in [-0.25, -0.2) is 0 Å². The van der Waals surface area contributed by atoms with Crippen LogP contribution in [0.3, 0.4) is 0 Å². The SMILES string of the molecule is N[C@@H](CC(=O)O)C(=O)O.O=C(O)C[C@@H](C(=O)O)N(CC(=O)O)CC(=O)O.[H-].[H-].[H-].[H-].[Na+].[Na+].[Na+].[Na+]. The summed E-state index contributed by atoms with van der Waals surface area (Å²) in [4.78, 5) is 62.2. The Kier molecular flexibility index (Phi) is 36.1. The molecule has 8 N–H and O–H groups in total. The second-order valence-electron chi connectivity index (χ2n) is 4.69. The molecule has 0 aliphatic rings. The van der Waals surface area contributed by atoms with E-state index < -0.39 is 73.8 Å². The summed E-state index contributed by atoms with van der Waals surface area (Å²) >= 11 is 0. The average Bonchev–Trinajstić information content (AvgIpc) is 2.42. The van der Waals surface area contributed by atoms with Crippen molar-refractivity contribution >= 4 is 35.8 Å². The van der Waals surface area contributed by atoms with Gasteiger partial charge in [-0.2, -0.15) is 0 Å². The third-order valence-electron chi connectivity index (χ3n) is 2.48. The van der Waals surface area contributed by atoms with Crippen LogP contribution in [0.2, 0.25) is 0 Å². The smallest absolute Gasteiger partial charge is 1.00 e. The minimum absolute atomic E-state index is 0. The van der Waals surface area contributed by atoms with Gasteiger partial charge in [-0.1, -0.05) is 0 Å². The standard InChI is InChI=1S/C8H11NO8.C4H7NO4.4Na.4H/c10-5(11)1-4(8(16)17)9(2-6(12)13)3-7(14)15;5-2(4(8)9)1-3(6)7;;;;;;;;/h4H,1-3H2,(H,10,11)(H,12,13)(H,14,15)(H,16,17);2H,1,5H2,(H,6,7)(H,8,9);;;;;;;;/q;;4*+1;4*-1/t4-;2-;;;;;;;;/m00......../s1. The molecular weight excluding hydrogens is 456 g/mol. The molecule has 2 atom stereocenters. The zero-order valence-electron chi connectivity index (χ0n) is 21.1. The molecule has 14 nitrogen and oxygen atoms in total. The zero-order valence-corrected chi connectivity index (χ0v) is 25.1. The van der Waals surface area contributed by atoms with Crippen LogP contribution in [0, 0.1) is 0 Å². The molecule has 0 saturated carbocycles. The summed E-state index contributed by atoms with van der Waals surface area (Å²) in [7, 11) is 0. The molecule has 0 bridgehead atoms. The molecule has 0 fully saturated rings. The molecule has 156 valence electrons. The second-order valence-corrected chi connectivity index (χ2v) is 4.69. The van der Waals surface area contributed by atoms with E-state index in [1.807, 2.05) is 0 Å². The van der Waals surface area contributed by atoms with Crippen LogP contribution in [0.1, 0.15) is 18.5 Å². The van der Waals surface area contributed by atoms with Gasteiger partial charge in [0.25, 0.3) is 0 Å². The van der Waals surface area contributed by atoms with Crippen molar-refractivity contribution in [1.82, 2.24) is 4.90 Å². The van der Waals surface area contributed by atoms with E-state index in [-0.39, 0.29) is 124 Å². The van der Waals surface area contributed by atoms with Gasteiger partial charge >= 0.3 is 154 Å². The summed E-state index contributed by atoms with van der Waals surface area (Å²) in [6.45, 7) is -1.73. The molecule has 30 heavy (non-hydrogen) atoms. The minimum atomic E-state index is -1.69. The number of nitrogens with zero attached hydrogens (tertiary/aromatic N) is 1. The first kappa shape index (κ1) is 44.4. The van der Waals surface area contributed by atoms with Crippen LogP contribution in [-0.4, -0.2) is 96.5 Å². The van der Waals surface area contributed by atoms with Crippen LogP contribution < -0.4 is 124 Å². The maximum absolute atomic E-state index is 10.7. The van der Waals surface area contributed by atoms with E-state index >= 15 is 0 Å². The van der Waals surface area contributed by atoms with Gasteiger partial charge in [-0.15, -0.1) is 0 Å². The minimum Gasteiger partial charge on any atom is -1.00 e. The van der Waals surface area contributed by atoms with Crippen molar-refractivity contribution in [2.75, 3.05) is 13.1 Å². The maximum Gasteiger partial charge on any atom is 1.00 e. The Labute approximate surface area is 264 Å². The molecule has 0 saturated heterocycles. The zero-order chi connectivity index (χ0) is 21.0. The molecule has 0 amide bonds. The van der Waals surface area contributed by atoms with Crippen LogP contribution in [0.25, 0.3) is 0 Å². The molecule has 0 rings (SSSR count). The van der Waals surface area contributed by atoms with E-state index in [4.69, 9.17) is 36.4 Å². The van der Waals surface area contributed by atoms with Gasteiger partial charge < -0.3 is 42.1 Å². The number of rotatable bonds is 11.